The largest absolute Gasteiger partial charge is 0.384 e. The van der Waals surface area contributed by atoms with Crippen LogP contribution in [0.3, 0.4) is 0 Å². The first-order valence-corrected chi connectivity index (χ1v) is 10.3. The van der Waals surface area contributed by atoms with Crippen molar-refractivity contribution in [1.29, 1.82) is 5.41 Å². The van der Waals surface area contributed by atoms with Gasteiger partial charge in [-0.1, -0.05) is 18.2 Å². The summed E-state index contributed by atoms with van der Waals surface area (Å²) in [4.78, 5) is 23.2. The van der Waals surface area contributed by atoms with Gasteiger partial charge in [0.1, 0.15) is 5.84 Å². The Labute approximate surface area is 184 Å². The topological polar surface area (TPSA) is 123 Å². The molecule has 0 aliphatic rings. The molecule has 0 aliphatic carbocycles. The predicted molar refractivity (Wildman–Crippen MR) is 127 cm³/mol. The van der Waals surface area contributed by atoms with Gasteiger partial charge in [0.25, 0.3) is 5.91 Å². The number of hydrogen-bond acceptors (Lipinski definition) is 3. The summed E-state index contributed by atoms with van der Waals surface area (Å²) in [6.45, 7) is 0.515. The van der Waals surface area contributed by atoms with Crippen LogP contribution in [0.1, 0.15) is 21.5 Å². The van der Waals surface area contributed by atoms with E-state index in [1.54, 1.807) is 12.4 Å². The zero-order valence-corrected chi connectivity index (χ0v) is 17.3. The second kappa shape index (κ2) is 8.03. The third-order valence-electron chi connectivity index (χ3n) is 5.61. The van der Waals surface area contributed by atoms with Crippen molar-refractivity contribution in [2.75, 3.05) is 6.54 Å². The van der Waals surface area contributed by atoms with Crippen molar-refractivity contribution >= 4 is 33.5 Å². The highest BCUT2D eigenvalue weighted by Crippen LogP contribution is 2.24. The molecule has 0 saturated carbocycles. The lowest BCUT2D eigenvalue weighted by Crippen LogP contribution is -2.25. The minimum atomic E-state index is -0.107. The third-order valence-corrected chi connectivity index (χ3v) is 5.61. The third kappa shape index (κ3) is 3.72. The lowest BCUT2D eigenvalue weighted by molar-refractivity contribution is 0.0954. The number of H-pyrrole nitrogens is 2. The van der Waals surface area contributed by atoms with Crippen molar-refractivity contribution in [2.24, 2.45) is 5.73 Å². The minimum Gasteiger partial charge on any atom is -0.384 e. The van der Waals surface area contributed by atoms with E-state index in [2.05, 4.69) is 26.3 Å². The molecule has 32 heavy (non-hydrogen) atoms. The van der Waals surface area contributed by atoms with E-state index in [9.17, 15) is 4.79 Å². The van der Waals surface area contributed by atoms with Gasteiger partial charge in [-0.25, -0.2) is 0 Å². The maximum absolute atomic E-state index is 12.6. The molecule has 5 rings (SSSR count). The first-order valence-electron chi connectivity index (χ1n) is 10.3. The molecule has 0 saturated heterocycles. The van der Waals surface area contributed by atoms with Crippen LogP contribution in [-0.4, -0.2) is 33.2 Å². The standard InChI is InChI=1S/C25H22N6O/c26-24(27)20-14-30-22-6-1-15(11-19(20)22)7-10-29-25(32)17-4-2-16(3-5-17)23-12-18-13-28-9-8-21(18)31-23/h1-6,8-9,11-14,30-31H,7,10H2,(H3,26,27)(H,29,32). The monoisotopic (exact) mass is 422 g/mol. The number of carbonyl (C=O) groups is 1. The van der Waals surface area contributed by atoms with Crippen LogP contribution in [0.25, 0.3) is 33.1 Å². The molecule has 1 amide bonds. The van der Waals surface area contributed by atoms with Gasteiger partial charge >= 0.3 is 0 Å². The van der Waals surface area contributed by atoms with E-state index < -0.39 is 0 Å². The Hall–Kier alpha value is -4.39. The molecular weight excluding hydrogens is 400 g/mol. The highest BCUT2D eigenvalue weighted by Gasteiger charge is 2.09. The zero-order chi connectivity index (χ0) is 22.1. The molecule has 0 bridgehead atoms. The number of aromatic nitrogens is 3. The molecule has 0 unspecified atom stereocenters. The summed E-state index contributed by atoms with van der Waals surface area (Å²) >= 11 is 0. The number of benzene rings is 2. The molecule has 3 heterocycles. The number of pyridine rings is 1. The molecule has 0 spiro atoms. The molecule has 7 heteroatoms. The van der Waals surface area contributed by atoms with Crippen LogP contribution in [0.4, 0.5) is 0 Å². The van der Waals surface area contributed by atoms with Crippen molar-refractivity contribution in [3.63, 3.8) is 0 Å². The smallest absolute Gasteiger partial charge is 0.251 e. The number of rotatable bonds is 6. The van der Waals surface area contributed by atoms with E-state index in [0.29, 0.717) is 24.1 Å². The van der Waals surface area contributed by atoms with Crippen LogP contribution in [0.2, 0.25) is 0 Å². The Morgan fingerprint density at radius 1 is 1.06 bits per heavy atom. The number of carbonyl (C=O) groups excluding carboxylic acids is 1. The Morgan fingerprint density at radius 3 is 2.69 bits per heavy atom. The normalized spacial score (nSPS) is 11.1. The second-order valence-corrected chi connectivity index (χ2v) is 7.73. The minimum absolute atomic E-state index is 0.0364. The summed E-state index contributed by atoms with van der Waals surface area (Å²) in [6.07, 6.45) is 6.01. The van der Waals surface area contributed by atoms with Gasteiger partial charge in [0.05, 0.1) is 0 Å². The van der Waals surface area contributed by atoms with E-state index in [0.717, 1.165) is 38.6 Å². The van der Waals surface area contributed by atoms with Gasteiger partial charge in [-0.3, -0.25) is 15.2 Å². The average Bonchev–Trinajstić information content (AvgIpc) is 3.43. The number of hydrogen-bond donors (Lipinski definition) is 5. The number of aromatic amines is 2. The number of nitrogens with two attached hydrogens (primary N) is 1. The zero-order valence-electron chi connectivity index (χ0n) is 17.3. The Balaban J connectivity index is 1.23. The summed E-state index contributed by atoms with van der Waals surface area (Å²) in [5.74, 6) is -0.0705. The van der Waals surface area contributed by atoms with Gasteiger partial charge in [-0.05, 0) is 53.9 Å². The number of nitrogen functional groups attached to an aromatic ring is 1. The first kappa shape index (κ1) is 19.6. The molecule has 158 valence electrons. The Kier molecular flexibility index (Phi) is 4.91. The van der Waals surface area contributed by atoms with Crippen LogP contribution < -0.4 is 11.1 Å². The van der Waals surface area contributed by atoms with Crippen LogP contribution >= 0.6 is 0 Å². The number of amidine groups is 1. The highest BCUT2D eigenvalue weighted by atomic mass is 16.1. The molecule has 7 nitrogen and oxygen atoms in total. The molecule has 2 aromatic carbocycles. The lowest BCUT2D eigenvalue weighted by atomic mass is 10.1. The van der Waals surface area contributed by atoms with Gasteiger partial charge in [0.15, 0.2) is 0 Å². The Bertz CT molecular complexity index is 1410. The van der Waals surface area contributed by atoms with E-state index in [1.165, 1.54) is 0 Å². The first-order chi connectivity index (χ1) is 15.6. The Morgan fingerprint density at radius 2 is 1.91 bits per heavy atom. The van der Waals surface area contributed by atoms with Crippen molar-refractivity contribution in [2.45, 2.75) is 6.42 Å². The molecule has 0 atom stereocenters. The van der Waals surface area contributed by atoms with Crippen LogP contribution in [-0.2, 0) is 6.42 Å². The van der Waals surface area contributed by atoms with Crippen molar-refractivity contribution in [1.82, 2.24) is 20.3 Å². The maximum atomic E-state index is 12.6. The fraction of sp³-hybridized carbons (Fsp3) is 0.0800. The van der Waals surface area contributed by atoms with Gasteiger partial charge < -0.3 is 21.0 Å². The fourth-order valence-corrected chi connectivity index (χ4v) is 3.90. The molecule has 0 aliphatic heterocycles. The van der Waals surface area contributed by atoms with Crippen LogP contribution in [0.15, 0.2) is 73.2 Å². The number of nitrogens with one attached hydrogen (secondary N) is 4. The molecule has 5 aromatic rings. The molecule has 0 fully saturated rings. The van der Waals surface area contributed by atoms with E-state index in [1.807, 2.05) is 54.7 Å². The summed E-state index contributed by atoms with van der Waals surface area (Å²) in [7, 11) is 0. The van der Waals surface area contributed by atoms with Crippen LogP contribution in [0.5, 0.6) is 0 Å². The van der Waals surface area contributed by atoms with Gasteiger partial charge in [0, 0.05) is 63.8 Å². The number of nitrogens with zero attached hydrogens (tertiary/aromatic N) is 1. The molecular formula is C25H22N6O. The SMILES string of the molecule is N=C(N)c1c[nH]c2ccc(CCNC(=O)c3ccc(-c4cc5cnccc5[nH]4)cc3)cc12. The van der Waals surface area contributed by atoms with E-state index in [4.69, 9.17) is 11.1 Å². The summed E-state index contributed by atoms with van der Waals surface area (Å²) in [5.41, 5.74) is 12.0. The number of fused-ring (bicyclic) bond motifs is 2. The molecule has 3 aromatic heterocycles. The van der Waals surface area contributed by atoms with Gasteiger partial charge in [-0.2, -0.15) is 0 Å². The molecule has 6 N–H and O–H groups in total. The fourth-order valence-electron chi connectivity index (χ4n) is 3.90. The predicted octanol–water partition coefficient (Wildman–Crippen LogP) is 3.97. The van der Waals surface area contributed by atoms with Crippen molar-refractivity contribution in [3.05, 3.63) is 89.9 Å². The molecule has 0 radical (unpaired) electrons. The summed E-state index contributed by atoms with van der Waals surface area (Å²) in [6, 6.07) is 17.5. The highest BCUT2D eigenvalue weighted by molar-refractivity contribution is 6.07. The van der Waals surface area contributed by atoms with Gasteiger partial charge in [0.2, 0.25) is 0 Å². The quantitative estimate of drug-likeness (QED) is 0.210. The second-order valence-electron chi connectivity index (χ2n) is 7.73. The van der Waals surface area contributed by atoms with E-state index >= 15 is 0 Å². The number of amides is 1. The van der Waals surface area contributed by atoms with Crippen molar-refractivity contribution < 1.29 is 4.79 Å². The van der Waals surface area contributed by atoms with Crippen LogP contribution in [0, 0.1) is 5.41 Å². The summed E-state index contributed by atoms with van der Waals surface area (Å²) < 4.78 is 0. The maximum Gasteiger partial charge on any atom is 0.251 e. The van der Waals surface area contributed by atoms with Gasteiger partial charge in [-0.15, -0.1) is 0 Å². The average molecular weight is 422 g/mol. The van der Waals surface area contributed by atoms with E-state index in [-0.39, 0.29) is 11.7 Å². The lowest BCUT2D eigenvalue weighted by Gasteiger charge is -2.07. The van der Waals surface area contributed by atoms with Crippen molar-refractivity contribution in [3.8, 4) is 11.3 Å². The summed E-state index contributed by atoms with van der Waals surface area (Å²) in [5, 5.41) is 12.6.